The molecule has 1 rings (SSSR count). The summed E-state index contributed by atoms with van der Waals surface area (Å²) in [5.74, 6) is 1.35. The molecule has 18 heavy (non-hydrogen) atoms. The zero-order valence-corrected chi connectivity index (χ0v) is 12.9. The van der Waals surface area contributed by atoms with Gasteiger partial charge in [0.1, 0.15) is 0 Å². The molecule has 0 bridgehead atoms. The van der Waals surface area contributed by atoms with Gasteiger partial charge in [-0.3, -0.25) is 4.90 Å². The molecule has 1 aliphatic rings. The van der Waals surface area contributed by atoms with Gasteiger partial charge in [0.2, 0.25) is 0 Å². The lowest BCUT2D eigenvalue weighted by molar-refractivity contribution is 0.0420. The summed E-state index contributed by atoms with van der Waals surface area (Å²) in [4.78, 5) is 2.62. The van der Waals surface area contributed by atoms with Crippen LogP contribution in [0.3, 0.4) is 0 Å². The van der Waals surface area contributed by atoms with E-state index in [0.29, 0.717) is 23.9 Å². The van der Waals surface area contributed by atoms with Crippen LogP contribution in [-0.4, -0.2) is 49.8 Å². The summed E-state index contributed by atoms with van der Waals surface area (Å²) in [6.45, 7) is 16.4. The van der Waals surface area contributed by atoms with E-state index >= 15 is 0 Å². The normalized spacial score (nSPS) is 26.2. The Labute approximate surface area is 113 Å². The summed E-state index contributed by atoms with van der Waals surface area (Å²) < 4.78 is 5.73. The molecule has 2 atom stereocenters. The second kappa shape index (κ2) is 8.13. The molecule has 0 amide bonds. The van der Waals surface area contributed by atoms with E-state index < -0.39 is 0 Å². The van der Waals surface area contributed by atoms with Crippen LogP contribution in [-0.2, 0) is 4.74 Å². The van der Waals surface area contributed by atoms with Crippen molar-refractivity contribution in [2.75, 3.05) is 32.8 Å². The Morgan fingerprint density at radius 1 is 1.28 bits per heavy atom. The number of hydrogen-bond acceptors (Lipinski definition) is 3. The van der Waals surface area contributed by atoms with Crippen LogP contribution in [0.15, 0.2) is 0 Å². The van der Waals surface area contributed by atoms with Crippen LogP contribution in [0.4, 0.5) is 0 Å². The van der Waals surface area contributed by atoms with Crippen molar-refractivity contribution in [3.05, 3.63) is 0 Å². The molecular weight excluding hydrogens is 224 g/mol. The molecule has 0 aliphatic carbocycles. The van der Waals surface area contributed by atoms with E-state index in [1.807, 2.05) is 0 Å². The maximum Gasteiger partial charge on any atom is 0.0593 e. The molecule has 0 aromatic rings. The zero-order chi connectivity index (χ0) is 13.5. The fourth-order valence-electron chi connectivity index (χ4n) is 2.59. The van der Waals surface area contributed by atoms with Crippen molar-refractivity contribution in [1.82, 2.24) is 10.2 Å². The van der Waals surface area contributed by atoms with Crippen LogP contribution in [0.1, 0.15) is 41.0 Å². The monoisotopic (exact) mass is 256 g/mol. The molecule has 2 unspecified atom stereocenters. The molecule has 0 spiro atoms. The zero-order valence-electron chi connectivity index (χ0n) is 12.9. The highest BCUT2D eigenvalue weighted by Crippen LogP contribution is 2.16. The SMILES string of the molecule is CCC1CN(CCOCC(C)C)C(C(C)C)CN1. The third-order valence-electron chi connectivity index (χ3n) is 3.78. The maximum absolute atomic E-state index is 5.73. The van der Waals surface area contributed by atoms with Gasteiger partial charge in [-0.15, -0.1) is 0 Å². The van der Waals surface area contributed by atoms with Crippen molar-refractivity contribution < 1.29 is 4.74 Å². The largest absolute Gasteiger partial charge is 0.380 e. The minimum absolute atomic E-state index is 0.636. The number of ether oxygens (including phenoxy) is 1. The van der Waals surface area contributed by atoms with Crippen LogP contribution in [0.5, 0.6) is 0 Å². The van der Waals surface area contributed by atoms with Gasteiger partial charge in [-0.05, 0) is 18.3 Å². The molecule has 0 radical (unpaired) electrons. The smallest absolute Gasteiger partial charge is 0.0593 e. The average molecular weight is 256 g/mol. The van der Waals surface area contributed by atoms with Gasteiger partial charge in [0, 0.05) is 38.3 Å². The van der Waals surface area contributed by atoms with Crippen molar-refractivity contribution in [3.63, 3.8) is 0 Å². The van der Waals surface area contributed by atoms with Gasteiger partial charge in [0.15, 0.2) is 0 Å². The van der Waals surface area contributed by atoms with Crippen molar-refractivity contribution in [2.45, 2.75) is 53.1 Å². The van der Waals surface area contributed by atoms with Gasteiger partial charge < -0.3 is 10.1 Å². The van der Waals surface area contributed by atoms with Gasteiger partial charge in [-0.1, -0.05) is 34.6 Å². The summed E-state index contributed by atoms with van der Waals surface area (Å²) in [6.07, 6.45) is 1.22. The summed E-state index contributed by atoms with van der Waals surface area (Å²) in [6, 6.07) is 1.32. The Morgan fingerprint density at radius 3 is 2.56 bits per heavy atom. The molecule has 1 saturated heterocycles. The number of nitrogens with one attached hydrogen (secondary N) is 1. The second-order valence-electron chi connectivity index (χ2n) is 6.29. The van der Waals surface area contributed by atoms with Crippen molar-refractivity contribution in [1.29, 1.82) is 0 Å². The Balaban J connectivity index is 2.36. The Bertz CT molecular complexity index is 219. The van der Waals surface area contributed by atoms with Gasteiger partial charge in [-0.2, -0.15) is 0 Å². The summed E-state index contributed by atoms with van der Waals surface area (Å²) >= 11 is 0. The Hall–Kier alpha value is -0.120. The molecule has 0 aromatic heterocycles. The van der Waals surface area contributed by atoms with E-state index in [2.05, 4.69) is 44.8 Å². The predicted octanol–water partition coefficient (Wildman–Crippen LogP) is 2.37. The van der Waals surface area contributed by atoms with Gasteiger partial charge >= 0.3 is 0 Å². The van der Waals surface area contributed by atoms with Crippen LogP contribution in [0, 0.1) is 11.8 Å². The van der Waals surface area contributed by atoms with Crippen LogP contribution in [0.25, 0.3) is 0 Å². The Morgan fingerprint density at radius 2 is 2.00 bits per heavy atom. The highest BCUT2D eigenvalue weighted by Gasteiger charge is 2.28. The first kappa shape index (κ1) is 15.9. The van der Waals surface area contributed by atoms with E-state index in [-0.39, 0.29) is 0 Å². The molecule has 1 heterocycles. The molecule has 108 valence electrons. The molecule has 0 aromatic carbocycles. The Kier molecular flexibility index (Phi) is 7.20. The fraction of sp³-hybridized carbons (Fsp3) is 1.00. The van der Waals surface area contributed by atoms with E-state index in [9.17, 15) is 0 Å². The summed E-state index contributed by atoms with van der Waals surface area (Å²) in [7, 11) is 0. The lowest BCUT2D eigenvalue weighted by atomic mass is 9.98. The van der Waals surface area contributed by atoms with Crippen molar-refractivity contribution in [2.24, 2.45) is 11.8 Å². The third-order valence-corrected chi connectivity index (χ3v) is 3.78. The third kappa shape index (κ3) is 5.25. The highest BCUT2D eigenvalue weighted by molar-refractivity contribution is 4.87. The van der Waals surface area contributed by atoms with Crippen LogP contribution < -0.4 is 5.32 Å². The first-order chi connectivity index (χ1) is 8.54. The van der Waals surface area contributed by atoms with E-state index in [1.165, 1.54) is 13.0 Å². The van der Waals surface area contributed by atoms with E-state index in [0.717, 1.165) is 26.3 Å². The minimum Gasteiger partial charge on any atom is -0.380 e. The first-order valence-corrected chi connectivity index (χ1v) is 7.59. The highest BCUT2D eigenvalue weighted by atomic mass is 16.5. The maximum atomic E-state index is 5.73. The molecule has 1 aliphatic heterocycles. The van der Waals surface area contributed by atoms with Gasteiger partial charge in [0.05, 0.1) is 6.61 Å². The van der Waals surface area contributed by atoms with Gasteiger partial charge in [-0.25, -0.2) is 0 Å². The van der Waals surface area contributed by atoms with Crippen LogP contribution in [0.2, 0.25) is 0 Å². The number of nitrogens with zero attached hydrogens (tertiary/aromatic N) is 1. The lowest BCUT2D eigenvalue weighted by Crippen LogP contribution is -2.58. The number of rotatable bonds is 7. The molecular formula is C15H32N2O. The summed E-state index contributed by atoms with van der Waals surface area (Å²) in [5.41, 5.74) is 0. The quantitative estimate of drug-likeness (QED) is 0.708. The topological polar surface area (TPSA) is 24.5 Å². The number of hydrogen-bond donors (Lipinski definition) is 1. The minimum atomic E-state index is 0.636. The van der Waals surface area contributed by atoms with Crippen molar-refractivity contribution >= 4 is 0 Å². The predicted molar refractivity (Wildman–Crippen MR) is 77.9 cm³/mol. The molecule has 1 N–H and O–H groups in total. The lowest BCUT2D eigenvalue weighted by Gasteiger charge is -2.42. The average Bonchev–Trinajstić information content (AvgIpc) is 2.33. The fourth-order valence-corrected chi connectivity index (χ4v) is 2.59. The second-order valence-corrected chi connectivity index (χ2v) is 6.29. The van der Waals surface area contributed by atoms with Crippen LogP contribution >= 0.6 is 0 Å². The van der Waals surface area contributed by atoms with Crippen molar-refractivity contribution in [3.8, 4) is 0 Å². The van der Waals surface area contributed by atoms with Gasteiger partial charge in [0.25, 0.3) is 0 Å². The molecule has 0 saturated carbocycles. The molecule has 3 heteroatoms. The molecule has 1 fully saturated rings. The molecule has 3 nitrogen and oxygen atoms in total. The standard InChI is InChI=1S/C15H32N2O/c1-6-14-10-17(7-8-18-11-12(2)3)15(9-16-14)13(4)5/h12-16H,6-11H2,1-5H3. The van der Waals surface area contributed by atoms with E-state index in [4.69, 9.17) is 4.74 Å². The van der Waals surface area contributed by atoms with E-state index in [1.54, 1.807) is 0 Å². The summed E-state index contributed by atoms with van der Waals surface area (Å²) in [5, 5.41) is 3.66. The number of piperazine rings is 1. The first-order valence-electron chi connectivity index (χ1n) is 7.59.